The summed E-state index contributed by atoms with van der Waals surface area (Å²) in [5.41, 5.74) is 4.62. The molecule has 1 aliphatic carbocycles. The third-order valence-electron chi connectivity index (χ3n) is 6.28. The summed E-state index contributed by atoms with van der Waals surface area (Å²) < 4.78 is 10.7. The lowest BCUT2D eigenvalue weighted by atomic mass is 9.98. The number of hydrogen-bond donors (Lipinski definition) is 2. The molecule has 1 atom stereocenters. The summed E-state index contributed by atoms with van der Waals surface area (Å²) in [5.74, 6) is -1.49. The second-order valence-electron chi connectivity index (χ2n) is 8.38. The van der Waals surface area contributed by atoms with E-state index in [0.29, 0.717) is 19.5 Å². The van der Waals surface area contributed by atoms with Gasteiger partial charge in [-0.2, -0.15) is 0 Å². The summed E-state index contributed by atoms with van der Waals surface area (Å²) in [7, 11) is 0. The van der Waals surface area contributed by atoms with Gasteiger partial charge in [-0.05, 0) is 28.7 Å². The minimum atomic E-state index is -1.03. The van der Waals surface area contributed by atoms with E-state index in [1.165, 1.54) is 11.1 Å². The van der Waals surface area contributed by atoms with E-state index < -0.39 is 12.1 Å². The Hall–Kier alpha value is -3.39. The first kappa shape index (κ1) is 22.8. The second-order valence-corrected chi connectivity index (χ2v) is 8.38. The number of rotatable bonds is 9. The minimum Gasteiger partial charge on any atom is -0.480 e. The van der Waals surface area contributed by atoms with E-state index in [1.807, 2.05) is 31.2 Å². The van der Waals surface area contributed by atoms with Crippen molar-refractivity contribution in [2.75, 3.05) is 32.8 Å². The fraction of sp³-hybridized carbons (Fsp3) is 0.400. The number of nitrogens with one attached hydrogen (secondary N) is 1. The molecular formula is C25H28N2O6. The summed E-state index contributed by atoms with van der Waals surface area (Å²) in [4.78, 5) is 37.2. The molecule has 0 aromatic heterocycles. The van der Waals surface area contributed by atoms with Crippen molar-refractivity contribution in [1.29, 1.82) is 0 Å². The number of carboxylic acid groups (broad SMARTS) is 1. The van der Waals surface area contributed by atoms with Crippen LogP contribution in [-0.2, 0) is 19.1 Å². The maximum atomic E-state index is 12.7. The monoisotopic (exact) mass is 452 g/mol. The summed E-state index contributed by atoms with van der Waals surface area (Å²) in [6.07, 6.45) is -0.230. The lowest BCUT2D eigenvalue weighted by Gasteiger charge is -2.40. The van der Waals surface area contributed by atoms with E-state index in [-0.39, 0.29) is 43.6 Å². The number of hydrogen-bond acceptors (Lipinski definition) is 5. The second kappa shape index (κ2) is 10.0. The van der Waals surface area contributed by atoms with Crippen LogP contribution in [0.15, 0.2) is 48.5 Å². The molecule has 2 amide bonds. The molecule has 2 aromatic rings. The third kappa shape index (κ3) is 5.01. The standard InChI is InChI=1S/C25H28N2O6/c1-2-16(24(30)27-12-17(13-27)32-15-23(28)29)11-26-25(31)33-14-22-20-9-5-3-7-18(20)19-8-4-6-10-21(19)22/h3-10,16-17,22H,2,11-15H2,1H3,(H,26,31)(H,28,29). The van der Waals surface area contributed by atoms with Crippen LogP contribution in [0.5, 0.6) is 0 Å². The van der Waals surface area contributed by atoms with Crippen molar-refractivity contribution >= 4 is 18.0 Å². The topological polar surface area (TPSA) is 105 Å². The van der Waals surface area contributed by atoms with E-state index >= 15 is 0 Å². The van der Waals surface area contributed by atoms with Gasteiger partial charge in [-0.1, -0.05) is 55.5 Å². The van der Waals surface area contributed by atoms with Crippen LogP contribution in [0.3, 0.4) is 0 Å². The van der Waals surface area contributed by atoms with Gasteiger partial charge >= 0.3 is 12.1 Å². The summed E-state index contributed by atoms with van der Waals surface area (Å²) in [6.45, 7) is 2.66. The summed E-state index contributed by atoms with van der Waals surface area (Å²) >= 11 is 0. The molecule has 8 nitrogen and oxygen atoms in total. The maximum Gasteiger partial charge on any atom is 0.407 e. The Morgan fingerprint density at radius 3 is 2.24 bits per heavy atom. The number of amides is 2. The van der Waals surface area contributed by atoms with Crippen molar-refractivity contribution in [3.05, 3.63) is 59.7 Å². The number of ether oxygens (including phenoxy) is 2. The largest absolute Gasteiger partial charge is 0.480 e. The number of aliphatic carboxylic acids is 1. The van der Waals surface area contributed by atoms with Crippen molar-refractivity contribution in [3.8, 4) is 11.1 Å². The van der Waals surface area contributed by atoms with Gasteiger partial charge in [0.25, 0.3) is 0 Å². The Labute approximate surface area is 192 Å². The van der Waals surface area contributed by atoms with Crippen molar-refractivity contribution in [1.82, 2.24) is 10.2 Å². The Balaban J connectivity index is 1.26. The molecule has 0 spiro atoms. The molecular weight excluding hydrogens is 424 g/mol. The van der Waals surface area contributed by atoms with E-state index in [9.17, 15) is 14.4 Å². The number of carbonyl (C=O) groups is 3. The van der Waals surface area contributed by atoms with Crippen LogP contribution in [0, 0.1) is 5.92 Å². The van der Waals surface area contributed by atoms with Gasteiger partial charge in [0, 0.05) is 25.6 Å². The quantitative estimate of drug-likeness (QED) is 0.606. The van der Waals surface area contributed by atoms with Crippen LogP contribution >= 0.6 is 0 Å². The first-order valence-corrected chi connectivity index (χ1v) is 11.2. The molecule has 4 rings (SSSR count). The fourth-order valence-corrected chi connectivity index (χ4v) is 4.43. The average molecular weight is 453 g/mol. The predicted molar refractivity (Wildman–Crippen MR) is 121 cm³/mol. The van der Waals surface area contributed by atoms with Gasteiger partial charge in [0.15, 0.2) is 0 Å². The molecule has 2 aromatic carbocycles. The number of alkyl carbamates (subject to hydrolysis) is 1. The smallest absolute Gasteiger partial charge is 0.407 e. The first-order chi connectivity index (χ1) is 16.0. The molecule has 174 valence electrons. The average Bonchev–Trinajstić information content (AvgIpc) is 3.10. The van der Waals surface area contributed by atoms with Gasteiger partial charge in [0.1, 0.15) is 13.2 Å². The summed E-state index contributed by atoms with van der Waals surface area (Å²) in [6, 6.07) is 16.3. The number of carboxylic acids is 1. The highest BCUT2D eigenvalue weighted by Gasteiger charge is 2.35. The lowest BCUT2D eigenvalue weighted by molar-refractivity contribution is -0.156. The normalized spacial score (nSPS) is 15.8. The molecule has 1 heterocycles. The van der Waals surface area contributed by atoms with Gasteiger partial charge < -0.3 is 24.8 Å². The SMILES string of the molecule is CCC(CNC(=O)OCC1c2ccccc2-c2ccccc21)C(=O)N1CC(OCC(=O)O)C1. The number of carbonyl (C=O) groups excluding carboxylic acids is 2. The molecule has 0 bridgehead atoms. The van der Waals surface area contributed by atoms with Gasteiger partial charge in [0.2, 0.25) is 5.91 Å². The Kier molecular flexibility index (Phi) is 6.93. The zero-order chi connectivity index (χ0) is 23.4. The first-order valence-electron chi connectivity index (χ1n) is 11.2. The van der Waals surface area contributed by atoms with E-state index in [2.05, 4.69) is 29.6 Å². The Morgan fingerprint density at radius 2 is 1.67 bits per heavy atom. The molecule has 1 fully saturated rings. The van der Waals surface area contributed by atoms with Gasteiger partial charge in [-0.3, -0.25) is 4.79 Å². The van der Waals surface area contributed by atoms with Crippen LogP contribution in [0.4, 0.5) is 4.79 Å². The van der Waals surface area contributed by atoms with Gasteiger partial charge in [-0.25, -0.2) is 9.59 Å². The third-order valence-corrected chi connectivity index (χ3v) is 6.28. The van der Waals surface area contributed by atoms with Crippen LogP contribution in [-0.4, -0.2) is 66.9 Å². The van der Waals surface area contributed by atoms with Crippen molar-refractivity contribution < 1.29 is 29.0 Å². The zero-order valence-electron chi connectivity index (χ0n) is 18.5. The van der Waals surface area contributed by atoms with Crippen LogP contribution in [0.1, 0.15) is 30.4 Å². The number of fused-ring (bicyclic) bond motifs is 3. The molecule has 8 heteroatoms. The Bertz CT molecular complexity index is 988. The van der Waals surface area contributed by atoms with E-state index in [1.54, 1.807) is 4.90 Å². The molecule has 1 unspecified atom stereocenters. The molecule has 33 heavy (non-hydrogen) atoms. The lowest BCUT2D eigenvalue weighted by Crippen LogP contribution is -2.57. The highest BCUT2D eigenvalue weighted by atomic mass is 16.5. The van der Waals surface area contributed by atoms with Gasteiger partial charge in [0.05, 0.1) is 12.0 Å². The fourth-order valence-electron chi connectivity index (χ4n) is 4.43. The molecule has 0 radical (unpaired) electrons. The van der Waals surface area contributed by atoms with E-state index in [0.717, 1.165) is 11.1 Å². The number of benzene rings is 2. The maximum absolute atomic E-state index is 12.7. The van der Waals surface area contributed by atoms with Crippen molar-refractivity contribution in [2.24, 2.45) is 5.92 Å². The summed E-state index contributed by atoms with van der Waals surface area (Å²) in [5, 5.41) is 11.4. The van der Waals surface area contributed by atoms with Crippen LogP contribution in [0.25, 0.3) is 11.1 Å². The predicted octanol–water partition coefficient (Wildman–Crippen LogP) is 2.86. The molecule has 1 saturated heterocycles. The van der Waals surface area contributed by atoms with Crippen LogP contribution in [0.2, 0.25) is 0 Å². The molecule has 2 N–H and O–H groups in total. The highest BCUT2D eigenvalue weighted by molar-refractivity contribution is 5.81. The number of nitrogens with zero attached hydrogens (tertiary/aromatic N) is 1. The van der Waals surface area contributed by atoms with E-state index in [4.69, 9.17) is 14.6 Å². The van der Waals surface area contributed by atoms with Crippen LogP contribution < -0.4 is 5.32 Å². The Morgan fingerprint density at radius 1 is 1.06 bits per heavy atom. The van der Waals surface area contributed by atoms with Gasteiger partial charge in [-0.15, -0.1) is 0 Å². The zero-order valence-corrected chi connectivity index (χ0v) is 18.5. The highest BCUT2D eigenvalue weighted by Crippen LogP contribution is 2.44. The molecule has 1 aliphatic heterocycles. The molecule has 0 saturated carbocycles. The van der Waals surface area contributed by atoms with Crippen molar-refractivity contribution in [3.63, 3.8) is 0 Å². The van der Waals surface area contributed by atoms with Crippen molar-refractivity contribution in [2.45, 2.75) is 25.4 Å². The molecule has 2 aliphatic rings. The minimum absolute atomic E-state index is 0.0180. The number of likely N-dealkylation sites (tertiary alicyclic amines) is 1.